The number of aromatic nitrogens is 1. The Hall–Kier alpha value is -3.02. The third-order valence-electron chi connectivity index (χ3n) is 3.86. The van der Waals surface area contributed by atoms with Crippen LogP contribution in [-0.2, 0) is 16.6 Å². The van der Waals surface area contributed by atoms with Gasteiger partial charge in [0.25, 0.3) is 0 Å². The van der Waals surface area contributed by atoms with Crippen LogP contribution in [0.4, 0.5) is 4.39 Å². The molecule has 3 rings (SSSR count). The van der Waals surface area contributed by atoms with Crippen molar-refractivity contribution in [1.29, 1.82) is 5.26 Å². The van der Waals surface area contributed by atoms with E-state index >= 15 is 0 Å². The number of sulfonamides is 1. The zero-order chi connectivity index (χ0) is 18.7. The summed E-state index contributed by atoms with van der Waals surface area (Å²) in [5.74, 6) is -0.345. The van der Waals surface area contributed by atoms with Gasteiger partial charge in [0.15, 0.2) is 5.76 Å². The van der Waals surface area contributed by atoms with E-state index in [1.165, 1.54) is 12.1 Å². The van der Waals surface area contributed by atoms with Crippen LogP contribution in [0.3, 0.4) is 0 Å². The summed E-state index contributed by atoms with van der Waals surface area (Å²) in [6, 6.07) is 14.3. The van der Waals surface area contributed by atoms with Crippen LogP contribution >= 0.6 is 0 Å². The van der Waals surface area contributed by atoms with Crippen molar-refractivity contribution in [2.75, 3.05) is 0 Å². The van der Waals surface area contributed by atoms with Crippen LogP contribution in [0, 0.1) is 24.1 Å². The number of nitrogens with one attached hydrogen (secondary N) is 1. The van der Waals surface area contributed by atoms with Crippen molar-refractivity contribution in [3.8, 4) is 17.4 Å². The highest BCUT2D eigenvalue weighted by atomic mass is 32.2. The predicted octanol–water partition coefficient (Wildman–Crippen LogP) is 3.14. The van der Waals surface area contributed by atoms with Gasteiger partial charge in [-0.3, -0.25) is 0 Å². The summed E-state index contributed by atoms with van der Waals surface area (Å²) in [6.07, 6.45) is 0. The molecule has 26 heavy (non-hydrogen) atoms. The molecule has 0 aliphatic heterocycles. The first-order chi connectivity index (χ1) is 12.4. The lowest BCUT2D eigenvalue weighted by atomic mass is 10.1. The minimum absolute atomic E-state index is 0.147. The molecule has 0 amide bonds. The van der Waals surface area contributed by atoms with Gasteiger partial charge < -0.3 is 4.52 Å². The Balaban J connectivity index is 1.85. The lowest BCUT2D eigenvalue weighted by Crippen LogP contribution is -2.24. The van der Waals surface area contributed by atoms with Gasteiger partial charge in [0.2, 0.25) is 10.0 Å². The molecule has 0 fully saturated rings. The van der Waals surface area contributed by atoms with E-state index in [2.05, 4.69) is 9.88 Å². The Labute approximate surface area is 149 Å². The lowest BCUT2D eigenvalue weighted by Gasteiger charge is -2.07. The molecule has 132 valence electrons. The molecule has 6 nitrogen and oxygen atoms in total. The van der Waals surface area contributed by atoms with Crippen LogP contribution in [0.2, 0.25) is 0 Å². The molecule has 0 saturated heterocycles. The standard InChI is InChI=1S/C18H14FN3O3S/c1-12-16(22-25-18(12)13-6-3-2-4-7-13)11-21-26(23,24)17-9-5-8-15(19)14(17)10-20/h2-9,21H,11H2,1H3. The van der Waals surface area contributed by atoms with Gasteiger partial charge in [0.1, 0.15) is 28.0 Å². The molecular weight excluding hydrogens is 357 g/mol. The fourth-order valence-electron chi connectivity index (χ4n) is 2.47. The molecule has 0 radical (unpaired) electrons. The summed E-state index contributed by atoms with van der Waals surface area (Å²) in [4.78, 5) is -0.413. The first-order valence-corrected chi connectivity index (χ1v) is 9.11. The third kappa shape index (κ3) is 3.35. The second-order valence-corrected chi connectivity index (χ2v) is 7.23. The summed E-state index contributed by atoms with van der Waals surface area (Å²) < 4.78 is 46.2. The van der Waals surface area contributed by atoms with Gasteiger partial charge in [-0.15, -0.1) is 0 Å². The van der Waals surface area contributed by atoms with Crippen molar-refractivity contribution >= 4 is 10.0 Å². The molecule has 1 N–H and O–H groups in total. The highest BCUT2D eigenvalue weighted by Gasteiger charge is 2.22. The van der Waals surface area contributed by atoms with Crippen molar-refractivity contribution in [1.82, 2.24) is 9.88 Å². The molecule has 2 aromatic carbocycles. The van der Waals surface area contributed by atoms with Crippen molar-refractivity contribution in [3.63, 3.8) is 0 Å². The summed E-state index contributed by atoms with van der Waals surface area (Å²) in [5.41, 5.74) is 1.39. The van der Waals surface area contributed by atoms with Gasteiger partial charge in [0.05, 0.1) is 6.54 Å². The average molecular weight is 371 g/mol. The van der Waals surface area contributed by atoms with Crippen molar-refractivity contribution in [2.24, 2.45) is 0 Å². The van der Waals surface area contributed by atoms with Gasteiger partial charge in [-0.25, -0.2) is 17.5 Å². The van der Waals surface area contributed by atoms with E-state index in [1.807, 2.05) is 30.3 Å². The van der Waals surface area contributed by atoms with Gasteiger partial charge in [-0.05, 0) is 19.1 Å². The van der Waals surface area contributed by atoms with Crippen LogP contribution < -0.4 is 4.72 Å². The number of hydrogen-bond donors (Lipinski definition) is 1. The molecule has 0 saturated carbocycles. The largest absolute Gasteiger partial charge is 0.356 e. The Kier molecular flexibility index (Phi) is 4.84. The van der Waals surface area contributed by atoms with E-state index in [0.717, 1.165) is 11.6 Å². The summed E-state index contributed by atoms with van der Waals surface area (Å²) >= 11 is 0. The summed E-state index contributed by atoms with van der Waals surface area (Å²) in [6.45, 7) is 1.62. The highest BCUT2D eigenvalue weighted by Crippen LogP contribution is 2.26. The quantitative estimate of drug-likeness (QED) is 0.743. The molecule has 0 aliphatic carbocycles. The van der Waals surface area contributed by atoms with Crippen LogP contribution in [0.1, 0.15) is 16.8 Å². The first kappa shape index (κ1) is 17.8. The minimum atomic E-state index is -4.09. The van der Waals surface area contributed by atoms with Gasteiger partial charge in [-0.1, -0.05) is 41.6 Å². The number of nitriles is 1. The number of rotatable bonds is 5. The van der Waals surface area contributed by atoms with Crippen LogP contribution in [0.5, 0.6) is 0 Å². The molecule has 0 atom stereocenters. The molecule has 0 unspecified atom stereocenters. The zero-order valence-electron chi connectivity index (χ0n) is 13.7. The predicted molar refractivity (Wildman–Crippen MR) is 91.8 cm³/mol. The van der Waals surface area contributed by atoms with E-state index in [4.69, 9.17) is 9.78 Å². The van der Waals surface area contributed by atoms with Crippen LogP contribution in [-0.4, -0.2) is 13.6 Å². The van der Waals surface area contributed by atoms with Crippen molar-refractivity contribution in [3.05, 3.63) is 71.2 Å². The monoisotopic (exact) mass is 371 g/mol. The molecule has 3 aromatic rings. The van der Waals surface area contributed by atoms with Gasteiger partial charge in [-0.2, -0.15) is 5.26 Å². The van der Waals surface area contributed by atoms with E-state index < -0.39 is 26.3 Å². The molecule has 0 spiro atoms. The maximum Gasteiger partial charge on any atom is 0.242 e. The topological polar surface area (TPSA) is 96.0 Å². The number of hydrogen-bond acceptors (Lipinski definition) is 5. The second-order valence-electron chi connectivity index (χ2n) is 5.50. The molecule has 1 aromatic heterocycles. The van der Waals surface area contributed by atoms with E-state index in [-0.39, 0.29) is 6.54 Å². The number of benzene rings is 2. The van der Waals surface area contributed by atoms with E-state index in [9.17, 15) is 12.8 Å². The summed E-state index contributed by atoms with van der Waals surface area (Å²) in [5, 5.41) is 12.9. The van der Waals surface area contributed by atoms with Crippen LogP contribution in [0.15, 0.2) is 57.9 Å². The number of halogens is 1. The maximum atomic E-state index is 13.7. The maximum absolute atomic E-state index is 13.7. The SMILES string of the molecule is Cc1c(CNS(=O)(=O)c2cccc(F)c2C#N)noc1-c1ccccc1. The average Bonchev–Trinajstić information content (AvgIpc) is 3.01. The van der Waals surface area contributed by atoms with Crippen molar-refractivity contribution < 1.29 is 17.3 Å². The molecular formula is C18H14FN3O3S. The first-order valence-electron chi connectivity index (χ1n) is 7.63. The fourth-order valence-corrected chi connectivity index (χ4v) is 3.62. The fraction of sp³-hybridized carbons (Fsp3) is 0.111. The Morgan fingerprint density at radius 3 is 2.62 bits per heavy atom. The Morgan fingerprint density at radius 2 is 1.92 bits per heavy atom. The van der Waals surface area contributed by atoms with Gasteiger partial charge in [0, 0.05) is 11.1 Å². The Morgan fingerprint density at radius 1 is 1.19 bits per heavy atom. The molecule has 1 heterocycles. The van der Waals surface area contributed by atoms with E-state index in [1.54, 1.807) is 13.0 Å². The second kappa shape index (κ2) is 7.07. The molecule has 0 bridgehead atoms. The summed E-state index contributed by atoms with van der Waals surface area (Å²) in [7, 11) is -4.09. The molecule has 0 aliphatic rings. The molecule has 8 heteroatoms. The normalized spacial score (nSPS) is 11.3. The third-order valence-corrected chi connectivity index (χ3v) is 5.31. The minimum Gasteiger partial charge on any atom is -0.356 e. The highest BCUT2D eigenvalue weighted by molar-refractivity contribution is 7.89. The smallest absolute Gasteiger partial charge is 0.242 e. The van der Waals surface area contributed by atoms with Crippen LogP contribution in [0.25, 0.3) is 11.3 Å². The van der Waals surface area contributed by atoms with Gasteiger partial charge >= 0.3 is 0 Å². The number of nitrogens with zero attached hydrogens (tertiary/aromatic N) is 2. The zero-order valence-corrected chi connectivity index (χ0v) is 14.5. The lowest BCUT2D eigenvalue weighted by molar-refractivity contribution is 0.422. The Bertz CT molecular complexity index is 1090. The van der Waals surface area contributed by atoms with E-state index in [0.29, 0.717) is 17.0 Å². The van der Waals surface area contributed by atoms with Crippen molar-refractivity contribution in [2.45, 2.75) is 18.4 Å².